The van der Waals surface area contributed by atoms with Crippen LogP contribution in [0.15, 0.2) is 0 Å². The van der Waals surface area contributed by atoms with Crippen LogP contribution in [0.1, 0.15) is 13.3 Å². The van der Waals surface area contributed by atoms with Crippen molar-refractivity contribution in [2.45, 2.75) is 19.5 Å². The quantitative estimate of drug-likeness (QED) is 0.523. The van der Waals surface area contributed by atoms with Gasteiger partial charge in [0.2, 0.25) is 0 Å². The van der Waals surface area contributed by atoms with Crippen molar-refractivity contribution in [3.63, 3.8) is 0 Å². The number of halogens is 4. The zero-order valence-electron chi connectivity index (χ0n) is 5.00. The maximum atomic E-state index is 11.6. The topological polar surface area (TPSA) is 0 Å². The summed E-state index contributed by atoms with van der Waals surface area (Å²) in [6, 6.07) is 0. The van der Waals surface area contributed by atoms with E-state index in [4.69, 9.17) is 0 Å². The van der Waals surface area contributed by atoms with Gasteiger partial charge in [0, 0.05) is 4.43 Å². The molecule has 0 bridgehead atoms. The summed E-state index contributed by atoms with van der Waals surface area (Å²) in [5.74, 6) is -1.14. The molecule has 0 aromatic carbocycles. The maximum absolute atomic E-state index is 11.6. The van der Waals surface area contributed by atoms with E-state index in [0.29, 0.717) is 4.43 Å². The Hall–Kier alpha value is 0.520. The molecular formula is C5H8F3I. The van der Waals surface area contributed by atoms with Crippen LogP contribution >= 0.6 is 22.6 Å². The van der Waals surface area contributed by atoms with Gasteiger partial charge in [0.25, 0.3) is 0 Å². The number of alkyl halides is 4. The number of hydrogen-bond donors (Lipinski definition) is 0. The van der Waals surface area contributed by atoms with Crippen molar-refractivity contribution >= 4 is 22.6 Å². The van der Waals surface area contributed by atoms with Crippen molar-refractivity contribution in [1.82, 2.24) is 0 Å². The van der Waals surface area contributed by atoms with Gasteiger partial charge in [0.05, 0.1) is 5.92 Å². The maximum Gasteiger partial charge on any atom is 0.391 e. The highest BCUT2D eigenvalue weighted by atomic mass is 127. The van der Waals surface area contributed by atoms with Crippen molar-refractivity contribution in [3.8, 4) is 0 Å². The first-order valence-corrected chi connectivity index (χ1v) is 4.13. The normalized spacial score (nSPS) is 15.7. The highest BCUT2D eigenvalue weighted by Gasteiger charge is 2.34. The van der Waals surface area contributed by atoms with Gasteiger partial charge in [-0.3, -0.25) is 0 Å². The first-order chi connectivity index (χ1) is 3.98. The zero-order chi connectivity index (χ0) is 7.49. The number of rotatable bonds is 2. The van der Waals surface area contributed by atoms with Crippen molar-refractivity contribution < 1.29 is 13.2 Å². The average Bonchev–Trinajstić information content (AvgIpc) is 1.64. The molecule has 0 heterocycles. The molecule has 0 fully saturated rings. The lowest BCUT2D eigenvalue weighted by atomic mass is 10.1. The minimum atomic E-state index is -3.99. The fraction of sp³-hybridized carbons (Fsp3) is 1.00. The van der Waals surface area contributed by atoms with Crippen LogP contribution in [-0.2, 0) is 0 Å². The van der Waals surface area contributed by atoms with Crippen molar-refractivity contribution in [2.24, 2.45) is 5.92 Å². The van der Waals surface area contributed by atoms with Crippen LogP contribution in [0.2, 0.25) is 0 Å². The molecule has 9 heavy (non-hydrogen) atoms. The standard InChI is InChI=1S/C5H8F3I/c1-4(2-3-9)5(6,7)8/h4H,2-3H2,1H3/t4-/m0/s1. The summed E-state index contributed by atoms with van der Waals surface area (Å²) in [7, 11) is 0. The Morgan fingerprint density at radius 2 is 1.89 bits per heavy atom. The predicted octanol–water partition coefficient (Wildman–Crippen LogP) is 3.01. The molecule has 0 aromatic heterocycles. The first-order valence-electron chi connectivity index (χ1n) is 2.61. The summed E-state index contributed by atoms with van der Waals surface area (Å²) in [6.07, 6.45) is -3.77. The molecule has 0 rings (SSSR count). The van der Waals surface area contributed by atoms with Gasteiger partial charge in [-0.1, -0.05) is 29.5 Å². The Labute approximate surface area is 66.0 Å². The van der Waals surface area contributed by atoms with E-state index in [0.717, 1.165) is 0 Å². The molecule has 0 aliphatic carbocycles. The Morgan fingerprint density at radius 3 is 2.00 bits per heavy atom. The Morgan fingerprint density at radius 1 is 1.44 bits per heavy atom. The van der Waals surface area contributed by atoms with E-state index in [1.807, 2.05) is 22.6 Å². The monoisotopic (exact) mass is 252 g/mol. The number of hydrogen-bond acceptors (Lipinski definition) is 0. The highest BCUT2D eigenvalue weighted by molar-refractivity contribution is 14.1. The minimum absolute atomic E-state index is 0.226. The van der Waals surface area contributed by atoms with Gasteiger partial charge in [-0.25, -0.2) is 0 Å². The van der Waals surface area contributed by atoms with Gasteiger partial charge < -0.3 is 0 Å². The molecule has 1 atom stereocenters. The second kappa shape index (κ2) is 3.63. The van der Waals surface area contributed by atoms with Crippen LogP contribution in [0.25, 0.3) is 0 Å². The van der Waals surface area contributed by atoms with Gasteiger partial charge in [0.1, 0.15) is 0 Å². The molecule has 0 radical (unpaired) electrons. The zero-order valence-corrected chi connectivity index (χ0v) is 7.16. The van der Waals surface area contributed by atoms with E-state index in [1.54, 1.807) is 0 Å². The molecule has 0 saturated heterocycles. The summed E-state index contributed by atoms with van der Waals surface area (Å²) in [5.41, 5.74) is 0. The molecule has 0 amide bonds. The van der Waals surface area contributed by atoms with E-state index in [2.05, 4.69) is 0 Å². The van der Waals surface area contributed by atoms with Crippen LogP contribution in [0, 0.1) is 5.92 Å². The summed E-state index contributed by atoms with van der Waals surface area (Å²) in [4.78, 5) is 0. The SMILES string of the molecule is C[C@@H](CCI)C(F)(F)F. The van der Waals surface area contributed by atoms with E-state index in [-0.39, 0.29) is 6.42 Å². The molecule has 0 aliphatic heterocycles. The van der Waals surface area contributed by atoms with E-state index in [1.165, 1.54) is 6.92 Å². The molecule has 0 unspecified atom stereocenters. The Bertz CT molecular complexity index is 78.8. The second-order valence-corrected chi connectivity index (χ2v) is 3.00. The summed E-state index contributed by atoms with van der Waals surface area (Å²) >= 11 is 1.94. The third kappa shape index (κ3) is 4.00. The molecular weight excluding hydrogens is 244 g/mol. The predicted molar refractivity (Wildman–Crippen MR) is 38.7 cm³/mol. The lowest BCUT2D eigenvalue weighted by Gasteiger charge is -2.12. The lowest BCUT2D eigenvalue weighted by molar-refractivity contribution is -0.169. The fourth-order valence-electron chi connectivity index (χ4n) is 0.327. The fourth-order valence-corrected chi connectivity index (χ4v) is 1.26. The Balaban J connectivity index is 3.59. The van der Waals surface area contributed by atoms with Crippen molar-refractivity contribution in [2.75, 3.05) is 4.43 Å². The largest absolute Gasteiger partial charge is 0.391 e. The molecule has 0 aliphatic rings. The minimum Gasteiger partial charge on any atom is -0.171 e. The van der Waals surface area contributed by atoms with E-state index in [9.17, 15) is 13.2 Å². The summed E-state index contributed by atoms with van der Waals surface area (Å²) in [6.45, 7) is 1.21. The van der Waals surface area contributed by atoms with Crippen LogP contribution in [0.4, 0.5) is 13.2 Å². The third-order valence-electron chi connectivity index (χ3n) is 1.10. The summed E-state index contributed by atoms with van der Waals surface area (Å²) in [5, 5.41) is 0. The van der Waals surface area contributed by atoms with E-state index >= 15 is 0 Å². The van der Waals surface area contributed by atoms with Crippen LogP contribution < -0.4 is 0 Å². The van der Waals surface area contributed by atoms with Crippen molar-refractivity contribution in [3.05, 3.63) is 0 Å². The molecule has 0 saturated carbocycles. The molecule has 0 spiro atoms. The molecule has 0 nitrogen and oxygen atoms in total. The molecule has 4 heteroatoms. The molecule has 0 N–H and O–H groups in total. The van der Waals surface area contributed by atoms with Crippen LogP contribution in [0.3, 0.4) is 0 Å². The Kier molecular flexibility index (Phi) is 3.84. The van der Waals surface area contributed by atoms with Gasteiger partial charge in [-0.2, -0.15) is 13.2 Å². The van der Waals surface area contributed by atoms with Crippen molar-refractivity contribution in [1.29, 1.82) is 0 Å². The van der Waals surface area contributed by atoms with Gasteiger partial charge in [0.15, 0.2) is 0 Å². The molecule has 0 aromatic rings. The van der Waals surface area contributed by atoms with E-state index < -0.39 is 12.1 Å². The third-order valence-corrected chi connectivity index (χ3v) is 1.72. The highest BCUT2D eigenvalue weighted by Crippen LogP contribution is 2.28. The summed E-state index contributed by atoms with van der Waals surface area (Å²) < 4.78 is 35.5. The van der Waals surface area contributed by atoms with Gasteiger partial charge in [-0.15, -0.1) is 0 Å². The van der Waals surface area contributed by atoms with Crippen LogP contribution in [0.5, 0.6) is 0 Å². The average molecular weight is 252 g/mol. The second-order valence-electron chi connectivity index (χ2n) is 1.92. The van der Waals surface area contributed by atoms with Crippen LogP contribution in [-0.4, -0.2) is 10.6 Å². The smallest absolute Gasteiger partial charge is 0.171 e. The first kappa shape index (κ1) is 9.52. The van der Waals surface area contributed by atoms with Gasteiger partial charge >= 0.3 is 6.18 Å². The lowest BCUT2D eigenvalue weighted by Crippen LogP contribution is -2.19. The van der Waals surface area contributed by atoms with Gasteiger partial charge in [-0.05, 0) is 6.42 Å². The molecule has 56 valence electrons.